The number of aliphatic carboxylic acids is 1. The predicted octanol–water partition coefficient (Wildman–Crippen LogP) is 0.803. The molecule has 1 aliphatic rings. The van der Waals surface area contributed by atoms with Crippen LogP contribution >= 0.6 is 0 Å². The van der Waals surface area contributed by atoms with Gasteiger partial charge in [0.15, 0.2) is 0 Å². The van der Waals surface area contributed by atoms with Gasteiger partial charge in [0.25, 0.3) is 5.78 Å². The lowest BCUT2D eigenvalue weighted by Crippen LogP contribution is -2.50. The first-order valence-electron chi connectivity index (χ1n) is 5.26. The van der Waals surface area contributed by atoms with Crippen molar-refractivity contribution in [1.82, 2.24) is 0 Å². The molecule has 2 atom stereocenters. The van der Waals surface area contributed by atoms with Gasteiger partial charge in [0.2, 0.25) is 0 Å². The van der Waals surface area contributed by atoms with Crippen LogP contribution in [0.25, 0.3) is 0 Å². The minimum atomic E-state index is -1.57. The van der Waals surface area contributed by atoms with Crippen molar-refractivity contribution >= 4 is 17.5 Å². The number of carboxylic acid groups (broad SMARTS) is 1. The summed E-state index contributed by atoms with van der Waals surface area (Å²) in [5.74, 6) is -4.11. The van der Waals surface area contributed by atoms with E-state index in [2.05, 4.69) is 0 Å². The van der Waals surface area contributed by atoms with Crippen LogP contribution in [0.5, 0.6) is 0 Å². The monoisotopic (exact) mass is 228 g/mol. The summed E-state index contributed by atoms with van der Waals surface area (Å²) in [6.45, 7) is 5.28. The van der Waals surface area contributed by atoms with E-state index in [4.69, 9.17) is 9.84 Å². The van der Waals surface area contributed by atoms with Gasteiger partial charge in [-0.1, -0.05) is 6.92 Å². The number of hydrogen-bond acceptors (Lipinski definition) is 4. The molecular weight excluding hydrogens is 212 g/mol. The summed E-state index contributed by atoms with van der Waals surface area (Å²) in [5, 5.41) is 8.64. The zero-order valence-electron chi connectivity index (χ0n) is 9.65. The normalized spacial score (nSPS) is 28.8. The Morgan fingerprint density at radius 1 is 1.50 bits per heavy atom. The minimum Gasteiger partial charge on any atom is -0.475 e. The molecule has 0 spiro atoms. The molecule has 0 aromatic carbocycles. The number of carbonyl (C=O) groups excluding carboxylic acids is 2. The van der Waals surface area contributed by atoms with Crippen molar-refractivity contribution in [3.05, 3.63) is 0 Å². The van der Waals surface area contributed by atoms with Gasteiger partial charge in [-0.05, 0) is 20.3 Å². The Bertz CT molecular complexity index is 331. The molecule has 0 aromatic heterocycles. The van der Waals surface area contributed by atoms with Crippen LogP contribution < -0.4 is 0 Å². The Balaban J connectivity index is 2.96. The van der Waals surface area contributed by atoms with Crippen LogP contribution in [0.15, 0.2) is 0 Å². The summed E-state index contributed by atoms with van der Waals surface area (Å²) in [6, 6.07) is 0. The molecule has 0 saturated carbocycles. The highest BCUT2D eigenvalue weighted by molar-refractivity contribution is 6.37. The van der Waals surface area contributed by atoms with Gasteiger partial charge in [-0.2, -0.15) is 0 Å². The minimum absolute atomic E-state index is 0.0766. The molecule has 16 heavy (non-hydrogen) atoms. The molecule has 1 fully saturated rings. The first kappa shape index (κ1) is 12.8. The first-order valence-corrected chi connectivity index (χ1v) is 5.26. The molecular formula is C11H16O5. The number of rotatable bonds is 3. The van der Waals surface area contributed by atoms with E-state index in [1.807, 2.05) is 0 Å². The SMILES string of the molecule is CCC1OC(C)(C)CC(=O)C1C(=O)C(=O)O. The highest BCUT2D eigenvalue weighted by atomic mass is 16.5. The molecule has 0 radical (unpaired) electrons. The van der Waals surface area contributed by atoms with Crippen molar-refractivity contribution in [3.8, 4) is 0 Å². The van der Waals surface area contributed by atoms with Gasteiger partial charge >= 0.3 is 5.97 Å². The number of ether oxygens (including phenoxy) is 1. The Labute approximate surface area is 93.8 Å². The Kier molecular flexibility index (Phi) is 3.48. The highest BCUT2D eigenvalue weighted by Gasteiger charge is 2.46. The van der Waals surface area contributed by atoms with Crippen molar-refractivity contribution in [2.45, 2.75) is 45.3 Å². The van der Waals surface area contributed by atoms with E-state index >= 15 is 0 Å². The maximum absolute atomic E-state index is 11.8. The summed E-state index contributed by atoms with van der Waals surface area (Å²) in [5.41, 5.74) is -0.618. The van der Waals surface area contributed by atoms with Crippen LogP contribution in [-0.2, 0) is 19.1 Å². The zero-order chi connectivity index (χ0) is 12.5. The maximum atomic E-state index is 11.8. The number of Topliss-reactive ketones (excluding diaryl/α,β-unsaturated/α-hetero) is 2. The maximum Gasteiger partial charge on any atom is 0.373 e. The molecule has 1 heterocycles. The molecule has 0 amide bonds. The zero-order valence-corrected chi connectivity index (χ0v) is 9.65. The molecule has 90 valence electrons. The van der Waals surface area contributed by atoms with Crippen molar-refractivity contribution in [2.75, 3.05) is 0 Å². The average Bonchev–Trinajstić information content (AvgIpc) is 2.14. The average molecular weight is 228 g/mol. The number of hydrogen-bond donors (Lipinski definition) is 1. The molecule has 1 N–H and O–H groups in total. The molecule has 0 bridgehead atoms. The van der Waals surface area contributed by atoms with Crippen molar-refractivity contribution in [1.29, 1.82) is 0 Å². The van der Waals surface area contributed by atoms with Crippen LogP contribution in [-0.4, -0.2) is 34.3 Å². The first-order chi connectivity index (χ1) is 7.28. The fourth-order valence-electron chi connectivity index (χ4n) is 2.02. The standard InChI is InChI=1S/C11H16O5/c1-4-7-8(9(13)10(14)15)6(12)5-11(2,3)16-7/h7-8H,4-5H2,1-3H3,(H,14,15). The quantitative estimate of drug-likeness (QED) is 0.571. The fourth-order valence-corrected chi connectivity index (χ4v) is 2.02. The summed E-state index contributed by atoms with van der Waals surface area (Å²) >= 11 is 0. The lowest BCUT2D eigenvalue weighted by Gasteiger charge is -2.38. The van der Waals surface area contributed by atoms with Crippen molar-refractivity contribution < 1.29 is 24.2 Å². The predicted molar refractivity (Wildman–Crippen MR) is 55.0 cm³/mol. The second-order valence-electron chi connectivity index (χ2n) is 4.61. The smallest absolute Gasteiger partial charge is 0.373 e. The third-order valence-electron chi connectivity index (χ3n) is 2.68. The van der Waals surface area contributed by atoms with E-state index in [9.17, 15) is 14.4 Å². The van der Waals surface area contributed by atoms with E-state index in [1.54, 1.807) is 20.8 Å². The van der Waals surface area contributed by atoms with Crippen molar-refractivity contribution in [2.24, 2.45) is 5.92 Å². The molecule has 1 aliphatic heterocycles. The molecule has 2 unspecified atom stereocenters. The van der Waals surface area contributed by atoms with Gasteiger partial charge in [-0.3, -0.25) is 9.59 Å². The summed E-state index contributed by atoms with van der Waals surface area (Å²) in [4.78, 5) is 33.8. The Morgan fingerprint density at radius 3 is 2.50 bits per heavy atom. The van der Waals surface area contributed by atoms with Crippen LogP contribution in [0.1, 0.15) is 33.6 Å². The van der Waals surface area contributed by atoms with Gasteiger partial charge in [0.05, 0.1) is 11.7 Å². The topological polar surface area (TPSA) is 80.7 Å². The van der Waals surface area contributed by atoms with Gasteiger partial charge in [0.1, 0.15) is 11.7 Å². The second-order valence-corrected chi connectivity index (χ2v) is 4.61. The summed E-state index contributed by atoms with van der Waals surface area (Å²) in [7, 11) is 0. The van der Waals surface area contributed by atoms with Crippen LogP contribution in [0.4, 0.5) is 0 Å². The Morgan fingerprint density at radius 2 is 2.06 bits per heavy atom. The van der Waals surface area contributed by atoms with E-state index in [0.29, 0.717) is 6.42 Å². The fraction of sp³-hybridized carbons (Fsp3) is 0.727. The van der Waals surface area contributed by atoms with E-state index in [0.717, 1.165) is 0 Å². The van der Waals surface area contributed by atoms with Crippen molar-refractivity contribution in [3.63, 3.8) is 0 Å². The number of ketones is 2. The van der Waals surface area contributed by atoms with E-state index in [-0.39, 0.29) is 12.2 Å². The van der Waals surface area contributed by atoms with Gasteiger partial charge < -0.3 is 9.84 Å². The summed E-state index contributed by atoms with van der Waals surface area (Å²) in [6.07, 6.45) is -0.105. The molecule has 5 nitrogen and oxygen atoms in total. The number of carbonyl (C=O) groups is 3. The van der Waals surface area contributed by atoms with Gasteiger partial charge in [-0.25, -0.2) is 4.79 Å². The highest BCUT2D eigenvalue weighted by Crippen LogP contribution is 2.31. The molecule has 1 rings (SSSR count). The van der Waals surface area contributed by atoms with Crippen LogP contribution in [0.2, 0.25) is 0 Å². The van der Waals surface area contributed by atoms with Gasteiger partial charge in [0, 0.05) is 6.42 Å². The Hall–Kier alpha value is -1.23. The largest absolute Gasteiger partial charge is 0.475 e. The lowest BCUT2D eigenvalue weighted by atomic mass is 9.82. The van der Waals surface area contributed by atoms with E-state index < -0.39 is 29.4 Å². The molecule has 5 heteroatoms. The van der Waals surface area contributed by atoms with Gasteiger partial charge in [-0.15, -0.1) is 0 Å². The van der Waals surface area contributed by atoms with E-state index in [1.165, 1.54) is 0 Å². The molecule has 0 aliphatic carbocycles. The summed E-state index contributed by atoms with van der Waals surface area (Å²) < 4.78 is 5.57. The third-order valence-corrected chi connectivity index (χ3v) is 2.68. The number of carboxylic acids is 1. The van der Waals surface area contributed by atoms with Crippen LogP contribution in [0, 0.1) is 5.92 Å². The molecule has 1 saturated heterocycles. The lowest BCUT2D eigenvalue weighted by molar-refractivity contribution is -0.173. The second kappa shape index (κ2) is 4.33. The third kappa shape index (κ3) is 2.47. The van der Waals surface area contributed by atoms with Crippen LogP contribution in [0.3, 0.4) is 0 Å². The molecule has 0 aromatic rings.